The number of ether oxygens (including phenoxy) is 2. The molecule has 11 heteroatoms. The van der Waals surface area contributed by atoms with E-state index >= 15 is 0 Å². The van der Waals surface area contributed by atoms with Crippen LogP contribution in [0.2, 0.25) is 0 Å². The van der Waals surface area contributed by atoms with Gasteiger partial charge in [-0.15, -0.1) is 0 Å². The van der Waals surface area contributed by atoms with Crippen molar-refractivity contribution in [2.45, 2.75) is 44.6 Å². The number of aliphatic hydroxyl groups is 1. The first-order chi connectivity index (χ1) is 15.2. The van der Waals surface area contributed by atoms with E-state index in [2.05, 4.69) is 26.3 Å². The quantitative estimate of drug-likeness (QED) is 0.624. The van der Waals surface area contributed by atoms with Crippen molar-refractivity contribution in [1.29, 1.82) is 0 Å². The second-order valence-corrected chi connectivity index (χ2v) is 7.26. The number of nitrogens with zero attached hydrogens (tertiary/aromatic N) is 4. The van der Waals surface area contributed by atoms with Gasteiger partial charge < -0.3 is 19.5 Å². The zero-order valence-corrected chi connectivity index (χ0v) is 17.4. The first kappa shape index (κ1) is 23.5. The van der Waals surface area contributed by atoms with Crippen LogP contribution in [0.3, 0.4) is 0 Å². The molecule has 1 fully saturated rings. The maximum Gasteiger partial charge on any atom is 0.422 e. The molecule has 8 nitrogen and oxygen atoms in total. The maximum atomic E-state index is 12.7. The molecule has 1 unspecified atom stereocenters. The highest BCUT2D eigenvalue weighted by molar-refractivity contribution is 5.98. The number of hydrogen-bond donors (Lipinski definition) is 1. The first-order valence-corrected chi connectivity index (χ1v) is 9.98. The predicted octanol–water partition coefficient (Wildman–Crippen LogP) is 3.17. The van der Waals surface area contributed by atoms with Gasteiger partial charge >= 0.3 is 6.18 Å². The van der Waals surface area contributed by atoms with Crippen molar-refractivity contribution in [2.75, 3.05) is 18.1 Å². The smallest absolute Gasteiger partial charge is 0.422 e. The number of anilines is 1. The van der Waals surface area contributed by atoms with Crippen molar-refractivity contribution in [3.8, 4) is 11.6 Å². The Labute approximate surface area is 182 Å². The van der Waals surface area contributed by atoms with Crippen LogP contribution in [0.4, 0.5) is 18.9 Å². The molecular formula is C21H23F3N4O4. The molecule has 0 bridgehead atoms. The van der Waals surface area contributed by atoms with Gasteiger partial charge in [0.2, 0.25) is 5.88 Å². The molecule has 1 aliphatic heterocycles. The molecule has 172 valence electrons. The highest BCUT2D eigenvalue weighted by atomic mass is 19.4. The van der Waals surface area contributed by atoms with Gasteiger partial charge in [-0.3, -0.25) is 4.79 Å². The molecule has 1 saturated heterocycles. The van der Waals surface area contributed by atoms with Crippen LogP contribution in [-0.4, -0.2) is 57.5 Å². The fraction of sp³-hybridized carbons (Fsp3) is 0.429. The zero-order chi connectivity index (χ0) is 23.3. The second kappa shape index (κ2) is 9.94. The first-order valence-electron chi connectivity index (χ1n) is 9.98. The van der Waals surface area contributed by atoms with Crippen LogP contribution < -0.4 is 14.4 Å². The van der Waals surface area contributed by atoms with Crippen LogP contribution in [0.5, 0.6) is 11.6 Å². The van der Waals surface area contributed by atoms with E-state index in [-0.39, 0.29) is 17.5 Å². The fourth-order valence-electron chi connectivity index (χ4n) is 3.02. The fourth-order valence-corrected chi connectivity index (χ4v) is 3.02. The van der Waals surface area contributed by atoms with Crippen molar-refractivity contribution in [3.05, 3.63) is 43.1 Å². The molecule has 0 saturated carbocycles. The molecule has 3 heterocycles. The number of hydrogen-bond acceptors (Lipinski definition) is 7. The Bertz CT molecular complexity index is 936. The number of alkyl halides is 3. The summed E-state index contributed by atoms with van der Waals surface area (Å²) in [5.41, 5.74) is 1.11. The van der Waals surface area contributed by atoms with E-state index in [1.54, 1.807) is 0 Å². The molecule has 0 aromatic carbocycles. The molecule has 0 radical (unpaired) electrons. The van der Waals surface area contributed by atoms with Crippen molar-refractivity contribution in [2.24, 2.45) is 0 Å². The molecule has 3 rings (SSSR count). The van der Waals surface area contributed by atoms with Crippen LogP contribution in [0, 0.1) is 0 Å². The summed E-state index contributed by atoms with van der Waals surface area (Å²) in [5, 5.41) is 9.74. The molecule has 0 spiro atoms. The summed E-state index contributed by atoms with van der Waals surface area (Å²) in [6.07, 6.45) is -0.138. The summed E-state index contributed by atoms with van der Waals surface area (Å²) in [4.78, 5) is 26.4. The highest BCUT2D eigenvalue weighted by Crippen LogP contribution is 2.26. The van der Waals surface area contributed by atoms with E-state index in [9.17, 15) is 23.1 Å². The van der Waals surface area contributed by atoms with Gasteiger partial charge in [0.1, 0.15) is 5.75 Å². The lowest BCUT2D eigenvalue weighted by Crippen LogP contribution is -2.32. The third kappa shape index (κ3) is 6.16. The Hall–Kier alpha value is -3.21. The van der Waals surface area contributed by atoms with E-state index in [1.165, 1.54) is 35.6 Å². The zero-order valence-electron chi connectivity index (χ0n) is 17.4. The van der Waals surface area contributed by atoms with Crippen molar-refractivity contribution < 1.29 is 32.5 Å². The molecule has 1 aliphatic rings. The van der Waals surface area contributed by atoms with Gasteiger partial charge in [0.15, 0.2) is 18.5 Å². The van der Waals surface area contributed by atoms with Crippen molar-refractivity contribution in [1.82, 2.24) is 15.0 Å². The van der Waals surface area contributed by atoms with Gasteiger partial charge in [-0.25, -0.2) is 15.0 Å². The van der Waals surface area contributed by atoms with E-state index in [4.69, 9.17) is 4.74 Å². The Morgan fingerprint density at radius 2 is 2.00 bits per heavy atom. The van der Waals surface area contributed by atoms with Gasteiger partial charge in [0.05, 0.1) is 30.4 Å². The third-order valence-corrected chi connectivity index (χ3v) is 4.75. The minimum absolute atomic E-state index is 0.195. The third-order valence-electron chi connectivity index (χ3n) is 4.75. The lowest BCUT2D eigenvalue weighted by molar-refractivity contribution is -0.154. The van der Waals surface area contributed by atoms with Crippen LogP contribution >= 0.6 is 0 Å². The molecule has 2 aromatic heterocycles. The van der Waals surface area contributed by atoms with Crippen molar-refractivity contribution in [3.63, 3.8) is 0 Å². The van der Waals surface area contributed by atoms with Crippen LogP contribution in [-0.2, 0) is 4.79 Å². The average Bonchev–Trinajstić information content (AvgIpc) is 3.12. The minimum Gasteiger partial charge on any atom is -0.479 e. The normalized spacial score (nSPS) is 17.3. The number of carbonyl (C=O) groups is 1. The number of halogens is 3. The number of pyridine rings is 1. The number of carbonyl (C=O) groups excluding carboxylic acids is 1. The predicted molar refractivity (Wildman–Crippen MR) is 109 cm³/mol. The summed E-state index contributed by atoms with van der Waals surface area (Å²) >= 11 is 0. The number of rotatable bonds is 9. The lowest BCUT2D eigenvalue weighted by Gasteiger charge is -2.17. The van der Waals surface area contributed by atoms with Gasteiger partial charge in [-0.1, -0.05) is 13.5 Å². The topological polar surface area (TPSA) is 97.7 Å². The second-order valence-electron chi connectivity index (χ2n) is 7.26. The molecule has 2 atom stereocenters. The van der Waals surface area contributed by atoms with Gasteiger partial charge in [0, 0.05) is 25.5 Å². The molecule has 32 heavy (non-hydrogen) atoms. The van der Waals surface area contributed by atoms with Crippen molar-refractivity contribution >= 4 is 17.2 Å². The SMILES string of the molecule is C=C(CC(O)CC)c1ncc(N2CC[C@@H](Oc3ccc(OCC(F)(F)F)nc3)C2=O)cn1. The maximum absolute atomic E-state index is 12.7. The number of amides is 1. The lowest BCUT2D eigenvalue weighted by atomic mass is 10.1. The van der Waals surface area contributed by atoms with Gasteiger partial charge in [-0.2, -0.15) is 13.2 Å². The van der Waals surface area contributed by atoms with Gasteiger partial charge in [0.25, 0.3) is 5.91 Å². The Morgan fingerprint density at radius 1 is 1.28 bits per heavy atom. The van der Waals surface area contributed by atoms with Crippen LogP contribution in [0.1, 0.15) is 32.0 Å². The molecule has 0 aliphatic carbocycles. The summed E-state index contributed by atoms with van der Waals surface area (Å²) in [6.45, 7) is 4.70. The summed E-state index contributed by atoms with van der Waals surface area (Å²) < 4.78 is 46.8. The Balaban J connectivity index is 1.57. The molecule has 2 aromatic rings. The summed E-state index contributed by atoms with van der Waals surface area (Å²) in [5.74, 6) is 0.153. The van der Waals surface area contributed by atoms with E-state index in [1.807, 2.05) is 6.92 Å². The van der Waals surface area contributed by atoms with E-state index in [0.717, 1.165) is 0 Å². The number of aliphatic hydroxyl groups excluding tert-OH is 1. The Kier molecular flexibility index (Phi) is 7.29. The largest absolute Gasteiger partial charge is 0.479 e. The average molecular weight is 452 g/mol. The van der Waals surface area contributed by atoms with Crippen LogP contribution in [0.25, 0.3) is 5.57 Å². The Morgan fingerprint density at radius 3 is 2.59 bits per heavy atom. The summed E-state index contributed by atoms with van der Waals surface area (Å²) in [6, 6.07) is 2.63. The monoisotopic (exact) mass is 452 g/mol. The van der Waals surface area contributed by atoms with E-state index in [0.29, 0.717) is 42.9 Å². The highest BCUT2D eigenvalue weighted by Gasteiger charge is 2.35. The molecule has 1 N–H and O–H groups in total. The minimum atomic E-state index is -4.46. The van der Waals surface area contributed by atoms with E-state index < -0.39 is 25.0 Å². The number of aromatic nitrogens is 3. The standard InChI is InChI=1S/C21H23F3N4O4/c1-3-15(29)8-13(2)19-26-9-14(10-27-19)28-7-6-17(20(28)30)32-16-4-5-18(25-11-16)31-12-21(22,23)24/h4-5,9-11,15,17,29H,2-3,6-8,12H2,1H3/t15?,17-/m1/s1. The molecular weight excluding hydrogens is 429 g/mol. The molecule has 1 amide bonds. The van der Waals surface area contributed by atoms with Crippen LogP contribution in [0.15, 0.2) is 37.3 Å². The van der Waals surface area contributed by atoms with Gasteiger partial charge in [-0.05, 0) is 18.1 Å². The summed E-state index contributed by atoms with van der Waals surface area (Å²) in [7, 11) is 0.